The minimum atomic E-state index is -0.668. The van der Waals surface area contributed by atoms with Crippen molar-refractivity contribution in [2.24, 2.45) is 27.7 Å². The molecule has 6 aliphatic carbocycles. The average Bonchev–Trinajstić information content (AvgIpc) is 3.47. The Balaban J connectivity index is 1.23. The van der Waals surface area contributed by atoms with Gasteiger partial charge in [-0.1, -0.05) is 148 Å². The van der Waals surface area contributed by atoms with Crippen LogP contribution in [-0.2, 0) is 10.2 Å². The van der Waals surface area contributed by atoms with Crippen LogP contribution < -0.4 is 5.32 Å². The van der Waals surface area contributed by atoms with Crippen LogP contribution in [0, 0.1) is 17.8 Å². The van der Waals surface area contributed by atoms with Crippen molar-refractivity contribution in [2.75, 3.05) is 6.61 Å². The van der Waals surface area contributed by atoms with Crippen LogP contribution in [0.1, 0.15) is 94.5 Å². The van der Waals surface area contributed by atoms with Crippen LogP contribution in [0.15, 0.2) is 142 Å². The Labute approximate surface area is 303 Å². The number of aliphatic hydroxyl groups is 1. The molecule has 0 saturated heterocycles. The molecular weight excluding hydrogens is 627 g/mol. The number of aliphatic imine (C=N–C) groups is 2. The zero-order valence-corrected chi connectivity index (χ0v) is 30.1. The quantitative estimate of drug-likeness (QED) is 0.259. The number of fused-ring (bicyclic) bond motifs is 3. The van der Waals surface area contributed by atoms with Gasteiger partial charge in [0.2, 0.25) is 0 Å². The smallest absolute Gasteiger partial charge is 0.315 e. The summed E-state index contributed by atoms with van der Waals surface area (Å²) in [6.07, 6.45) is 42.0. The van der Waals surface area contributed by atoms with E-state index in [4.69, 9.17) is 14.7 Å². The van der Waals surface area contributed by atoms with Gasteiger partial charge in [-0.2, -0.15) is 4.99 Å². The maximum atomic E-state index is 11.0. The van der Waals surface area contributed by atoms with Crippen LogP contribution >= 0.6 is 0 Å². The molecule has 5 unspecified atom stereocenters. The fraction of sp³-hybridized carbons (Fsp3) is 0.391. The third-order valence-corrected chi connectivity index (χ3v) is 11.9. The number of rotatable bonds is 10. The molecule has 5 heteroatoms. The standard InChI is InChI=1S/C46H51N3O2/c1-3-5-16-31(4-2)30-51-45-48-43(47-44(49-45)37-23-14-15-24-42(37)50)34-25-26-40-38(28-34)39-27-32-17-12-13-18-33(32)29-41(39)46(40,35-19-8-6-9-20-35)36-21-10-7-11-22-36/h6-8,10,12-15,17-19,21,23-26,28-29,31-32,37,42-43,50H,3-5,9,11,16,20,22,27,30H2,1-2H3,(H,47,48,49). The number of amidine groups is 2. The zero-order chi connectivity index (χ0) is 34.8. The first-order chi connectivity index (χ1) is 25.1. The number of aliphatic hydroxyl groups excluding tert-OH is 1. The van der Waals surface area contributed by atoms with E-state index in [0.717, 1.165) is 50.5 Å². The van der Waals surface area contributed by atoms with Gasteiger partial charge in [-0.05, 0) is 83.9 Å². The fourth-order valence-corrected chi connectivity index (χ4v) is 9.08. The number of nitrogens with one attached hydrogen (secondary N) is 1. The largest absolute Gasteiger partial charge is 0.463 e. The molecule has 8 rings (SSSR count). The van der Waals surface area contributed by atoms with Gasteiger partial charge in [0, 0.05) is 5.92 Å². The van der Waals surface area contributed by atoms with Crippen LogP contribution in [0.5, 0.6) is 0 Å². The van der Waals surface area contributed by atoms with E-state index < -0.39 is 6.10 Å². The van der Waals surface area contributed by atoms with E-state index >= 15 is 0 Å². The van der Waals surface area contributed by atoms with E-state index in [-0.39, 0.29) is 17.5 Å². The average molecular weight is 678 g/mol. The van der Waals surface area contributed by atoms with Gasteiger partial charge in [0.25, 0.3) is 0 Å². The van der Waals surface area contributed by atoms with Crippen molar-refractivity contribution in [2.45, 2.75) is 89.3 Å². The van der Waals surface area contributed by atoms with Crippen LogP contribution in [0.2, 0.25) is 0 Å². The maximum Gasteiger partial charge on any atom is 0.315 e. The first-order valence-electron chi connectivity index (χ1n) is 19.4. The monoisotopic (exact) mass is 677 g/mol. The number of ether oxygens (including phenoxy) is 1. The van der Waals surface area contributed by atoms with E-state index in [2.05, 4.69) is 104 Å². The van der Waals surface area contributed by atoms with Gasteiger partial charge < -0.3 is 15.2 Å². The molecule has 1 aliphatic heterocycles. The lowest BCUT2D eigenvalue weighted by Crippen LogP contribution is -2.42. The Bertz CT molecular complexity index is 1890. The summed E-state index contributed by atoms with van der Waals surface area (Å²) in [5.74, 6) is 1.23. The number of benzene rings is 1. The van der Waals surface area contributed by atoms with Crippen molar-refractivity contribution in [3.8, 4) is 0 Å². The summed E-state index contributed by atoms with van der Waals surface area (Å²) in [5.41, 5.74) is 10.8. The summed E-state index contributed by atoms with van der Waals surface area (Å²) in [7, 11) is 0. The Morgan fingerprint density at radius 3 is 2.47 bits per heavy atom. The summed E-state index contributed by atoms with van der Waals surface area (Å²) in [6.45, 7) is 5.06. The Morgan fingerprint density at radius 1 is 0.961 bits per heavy atom. The van der Waals surface area contributed by atoms with E-state index in [1.807, 2.05) is 24.3 Å². The SMILES string of the molecule is CCCCC(CC)COC1=NC(c2ccc3c(c2)C2=C(C=C4C=CC=CC4C2)C3(C2=CC=CCC2)C2=CC=CCC2)NC(C2C=CC=CC2O)=N1. The Morgan fingerprint density at radius 2 is 1.75 bits per heavy atom. The van der Waals surface area contributed by atoms with E-state index in [0.29, 0.717) is 30.3 Å². The van der Waals surface area contributed by atoms with Gasteiger partial charge in [0.05, 0.1) is 24.0 Å². The van der Waals surface area contributed by atoms with Crippen molar-refractivity contribution >= 4 is 17.4 Å². The van der Waals surface area contributed by atoms with Crippen LogP contribution in [-0.4, -0.2) is 29.7 Å². The first-order valence-corrected chi connectivity index (χ1v) is 19.4. The van der Waals surface area contributed by atoms with Crippen molar-refractivity contribution < 1.29 is 9.84 Å². The second-order valence-corrected chi connectivity index (χ2v) is 14.9. The minimum Gasteiger partial charge on any atom is -0.463 e. The maximum absolute atomic E-state index is 11.0. The molecule has 0 saturated carbocycles. The summed E-state index contributed by atoms with van der Waals surface area (Å²) >= 11 is 0. The van der Waals surface area contributed by atoms with Gasteiger partial charge in [0.1, 0.15) is 5.84 Å². The van der Waals surface area contributed by atoms with Gasteiger partial charge in [-0.15, -0.1) is 0 Å². The lowest BCUT2D eigenvalue weighted by atomic mass is 9.61. The summed E-state index contributed by atoms with van der Waals surface area (Å²) in [4.78, 5) is 9.98. The molecule has 1 heterocycles. The molecule has 2 N–H and O–H groups in total. The molecule has 0 radical (unpaired) electrons. The molecule has 1 aromatic carbocycles. The highest BCUT2D eigenvalue weighted by Crippen LogP contribution is 2.61. The van der Waals surface area contributed by atoms with E-state index in [1.165, 1.54) is 51.8 Å². The van der Waals surface area contributed by atoms with Crippen molar-refractivity contribution in [1.82, 2.24) is 5.32 Å². The Kier molecular flexibility index (Phi) is 9.66. The summed E-state index contributed by atoms with van der Waals surface area (Å²) in [5, 5.41) is 14.6. The highest BCUT2D eigenvalue weighted by Gasteiger charge is 2.50. The predicted octanol–water partition coefficient (Wildman–Crippen LogP) is 10.0. The number of hydrogen-bond acceptors (Lipinski definition) is 5. The number of allylic oxidation sites excluding steroid dienone is 18. The number of nitrogens with zero attached hydrogens (tertiary/aromatic N) is 2. The number of hydrogen-bond donors (Lipinski definition) is 2. The predicted molar refractivity (Wildman–Crippen MR) is 210 cm³/mol. The third-order valence-electron chi connectivity index (χ3n) is 11.9. The van der Waals surface area contributed by atoms with Crippen molar-refractivity contribution in [1.29, 1.82) is 0 Å². The number of unbranched alkanes of at least 4 members (excludes halogenated alkanes) is 1. The topological polar surface area (TPSA) is 66.2 Å². The first kappa shape index (κ1) is 33.7. The molecule has 0 fully saturated rings. The van der Waals surface area contributed by atoms with Crippen LogP contribution in [0.25, 0.3) is 5.57 Å². The van der Waals surface area contributed by atoms with Crippen LogP contribution in [0.4, 0.5) is 0 Å². The Hall–Kier alpha value is -4.48. The van der Waals surface area contributed by atoms with Gasteiger partial charge in [0.15, 0.2) is 6.17 Å². The highest BCUT2D eigenvalue weighted by atomic mass is 16.5. The molecule has 0 bridgehead atoms. The minimum absolute atomic E-state index is 0.285. The van der Waals surface area contributed by atoms with Crippen molar-refractivity contribution in [3.05, 3.63) is 148 Å². The summed E-state index contributed by atoms with van der Waals surface area (Å²) in [6, 6.07) is 7.47. The van der Waals surface area contributed by atoms with Crippen LogP contribution in [0.3, 0.4) is 0 Å². The van der Waals surface area contributed by atoms with Gasteiger partial charge >= 0.3 is 6.02 Å². The molecule has 0 spiro atoms. The molecule has 0 aromatic heterocycles. The molecule has 0 amide bonds. The molecule has 262 valence electrons. The second-order valence-electron chi connectivity index (χ2n) is 14.9. The normalized spacial score (nSPS) is 27.4. The lowest BCUT2D eigenvalue weighted by molar-refractivity contribution is 0.198. The lowest BCUT2D eigenvalue weighted by Gasteiger charge is -2.41. The molecule has 5 nitrogen and oxygen atoms in total. The molecule has 51 heavy (non-hydrogen) atoms. The second kappa shape index (κ2) is 14.6. The van der Waals surface area contributed by atoms with Crippen molar-refractivity contribution in [3.63, 3.8) is 0 Å². The molecule has 1 aromatic rings. The fourth-order valence-electron chi connectivity index (χ4n) is 9.08. The molecular formula is C46H51N3O2. The molecule has 7 aliphatic rings. The summed E-state index contributed by atoms with van der Waals surface area (Å²) < 4.78 is 6.41. The molecule has 5 atom stereocenters. The zero-order valence-electron chi connectivity index (χ0n) is 30.1. The van der Waals surface area contributed by atoms with E-state index in [9.17, 15) is 5.11 Å². The third kappa shape index (κ3) is 6.24. The van der Waals surface area contributed by atoms with E-state index in [1.54, 1.807) is 0 Å². The van der Waals surface area contributed by atoms with Gasteiger partial charge in [-0.3, -0.25) is 0 Å². The van der Waals surface area contributed by atoms with Gasteiger partial charge in [-0.25, -0.2) is 4.99 Å². The highest BCUT2D eigenvalue weighted by molar-refractivity contribution is 5.98.